The summed E-state index contributed by atoms with van der Waals surface area (Å²) in [6.07, 6.45) is 1.89. The fourth-order valence-corrected chi connectivity index (χ4v) is 0.743. The highest BCUT2D eigenvalue weighted by Gasteiger charge is 2.27. The van der Waals surface area contributed by atoms with E-state index in [1.807, 2.05) is 0 Å². The molecule has 72 valence electrons. The molecular weight excluding hydrogens is 181 g/mol. The van der Waals surface area contributed by atoms with Crippen LogP contribution in [-0.2, 0) is 5.79 Å². The minimum Gasteiger partial charge on any atom is -0.391 e. The van der Waals surface area contributed by atoms with Crippen LogP contribution >= 0.6 is 0 Å². The average molecular weight is 189 g/mol. The first-order valence-electron chi connectivity index (χ1n) is 3.46. The standard InChI is InChI=1S/C6H8FN3O3/c1-6(7,3-11)9-2-5(8-4-9)10(12)13/h2,4,11H,3H2,1H3. The van der Waals surface area contributed by atoms with Crippen molar-refractivity contribution in [2.45, 2.75) is 12.7 Å². The molecule has 1 aromatic rings. The van der Waals surface area contributed by atoms with E-state index >= 15 is 0 Å². The van der Waals surface area contributed by atoms with E-state index in [1.165, 1.54) is 0 Å². The van der Waals surface area contributed by atoms with E-state index in [0.717, 1.165) is 24.0 Å². The Balaban J connectivity index is 2.98. The molecule has 1 N–H and O–H groups in total. The molecule has 0 saturated heterocycles. The van der Waals surface area contributed by atoms with Crippen molar-refractivity contribution in [1.82, 2.24) is 9.55 Å². The van der Waals surface area contributed by atoms with Gasteiger partial charge in [0, 0.05) is 0 Å². The molecular formula is C6H8FN3O3. The molecule has 13 heavy (non-hydrogen) atoms. The van der Waals surface area contributed by atoms with E-state index in [4.69, 9.17) is 5.11 Å². The van der Waals surface area contributed by atoms with E-state index in [9.17, 15) is 14.5 Å². The van der Waals surface area contributed by atoms with Crippen LogP contribution in [0.25, 0.3) is 0 Å². The van der Waals surface area contributed by atoms with Crippen LogP contribution in [0.2, 0.25) is 0 Å². The summed E-state index contributed by atoms with van der Waals surface area (Å²) in [5.41, 5.74) is 0. The number of nitrogens with zero attached hydrogens (tertiary/aromatic N) is 3. The summed E-state index contributed by atoms with van der Waals surface area (Å²) in [6, 6.07) is 0. The number of alkyl halides is 1. The lowest BCUT2D eigenvalue weighted by Gasteiger charge is -2.16. The van der Waals surface area contributed by atoms with Crippen LogP contribution in [0.1, 0.15) is 6.92 Å². The third kappa shape index (κ3) is 1.81. The second kappa shape index (κ2) is 3.09. The van der Waals surface area contributed by atoms with Crippen LogP contribution in [0, 0.1) is 10.1 Å². The van der Waals surface area contributed by atoms with Crippen molar-refractivity contribution in [3.05, 3.63) is 22.6 Å². The van der Waals surface area contributed by atoms with Crippen LogP contribution in [0.3, 0.4) is 0 Å². The Morgan fingerprint density at radius 3 is 2.92 bits per heavy atom. The Morgan fingerprint density at radius 2 is 2.54 bits per heavy atom. The zero-order valence-electron chi connectivity index (χ0n) is 6.85. The minimum atomic E-state index is -2.05. The SMILES string of the molecule is CC(F)(CO)n1cnc([N+](=O)[O-])c1. The van der Waals surface area contributed by atoms with Gasteiger partial charge in [-0.3, -0.25) is 4.57 Å². The minimum absolute atomic E-state index is 0.447. The molecule has 7 heteroatoms. The first-order valence-corrected chi connectivity index (χ1v) is 3.46. The molecule has 0 amide bonds. The Morgan fingerprint density at radius 1 is 1.92 bits per heavy atom. The Labute approximate surface area is 72.8 Å². The second-order valence-corrected chi connectivity index (χ2v) is 2.70. The van der Waals surface area contributed by atoms with Crippen LogP contribution in [-0.4, -0.2) is 26.2 Å². The molecule has 6 nitrogen and oxygen atoms in total. The van der Waals surface area contributed by atoms with E-state index in [0.29, 0.717) is 0 Å². The molecule has 0 spiro atoms. The van der Waals surface area contributed by atoms with Gasteiger partial charge in [-0.05, 0) is 16.8 Å². The van der Waals surface area contributed by atoms with E-state index < -0.39 is 23.1 Å². The predicted molar refractivity (Wildman–Crippen MR) is 40.7 cm³/mol. The molecule has 1 rings (SSSR count). The topological polar surface area (TPSA) is 81.2 Å². The Hall–Kier alpha value is -1.50. The van der Waals surface area contributed by atoms with Crippen molar-refractivity contribution in [3.63, 3.8) is 0 Å². The zero-order valence-corrected chi connectivity index (χ0v) is 6.85. The lowest BCUT2D eigenvalue weighted by molar-refractivity contribution is -0.389. The van der Waals surface area contributed by atoms with Crippen LogP contribution < -0.4 is 0 Å². The van der Waals surface area contributed by atoms with Crippen LogP contribution in [0.5, 0.6) is 0 Å². The van der Waals surface area contributed by atoms with Gasteiger partial charge in [-0.25, -0.2) is 4.39 Å². The van der Waals surface area contributed by atoms with Gasteiger partial charge in [0.1, 0.15) is 6.20 Å². The zero-order chi connectivity index (χ0) is 10.1. The number of aliphatic hydroxyl groups excluding tert-OH is 1. The lowest BCUT2D eigenvalue weighted by atomic mass is 10.3. The van der Waals surface area contributed by atoms with E-state index in [1.54, 1.807) is 0 Å². The van der Waals surface area contributed by atoms with Gasteiger partial charge in [-0.15, -0.1) is 0 Å². The van der Waals surface area contributed by atoms with Gasteiger partial charge < -0.3 is 15.2 Å². The Kier molecular flexibility index (Phi) is 2.28. The van der Waals surface area contributed by atoms with Gasteiger partial charge in [0.15, 0.2) is 0 Å². The molecule has 1 atom stereocenters. The fraction of sp³-hybridized carbons (Fsp3) is 0.500. The number of nitro groups is 1. The van der Waals surface area contributed by atoms with Gasteiger partial charge in [0.25, 0.3) is 0 Å². The molecule has 1 unspecified atom stereocenters. The third-order valence-electron chi connectivity index (χ3n) is 1.58. The number of hydrogen-bond acceptors (Lipinski definition) is 4. The molecule has 0 aliphatic heterocycles. The number of hydrogen-bond donors (Lipinski definition) is 1. The van der Waals surface area contributed by atoms with Crippen molar-refractivity contribution in [2.75, 3.05) is 6.61 Å². The van der Waals surface area contributed by atoms with Crippen LogP contribution in [0.15, 0.2) is 12.5 Å². The maximum atomic E-state index is 13.3. The summed E-state index contributed by atoms with van der Waals surface area (Å²) in [4.78, 5) is 12.8. The molecule has 0 radical (unpaired) electrons. The maximum Gasteiger partial charge on any atom is 0.381 e. The number of aliphatic hydroxyl groups is 1. The monoisotopic (exact) mass is 189 g/mol. The average Bonchev–Trinajstić information content (AvgIpc) is 2.52. The van der Waals surface area contributed by atoms with Gasteiger partial charge in [0.05, 0.1) is 6.61 Å². The lowest BCUT2D eigenvalue weighted by Crippen LogP contribution is -2.27. The summed E-state index contributed by atoms with van der Waals surface area (Å²) >= 11 is 0. The highest BCUT2D eigenvalue weighted by Crippen LogP contribution is 2.19. The highest BCUT2D eigenvalue weighted by molar-refractivity contribution is 5.13. The molecule has 0 aliphatic rings. The molecule has 1 aromatic heterocycles. The third-order valence-corrected chi connectivity index (χ3v) is 1.58. The molecule has 0 bridgehead atoms. The smallest absolute Gasteiger partial charge is 0.381 e. The number of aromatic nitrogens is 2. The summed E-state index contributed by atoms with van der Waals surface area (Å²) in [7, 11) is 0. The first-order chi connectivity index (χ1) is 5.97. The predicted octanol–water partition coefficient (Wildman–Crippen LogP) is 0.426. The number of imidazole rings is 1. The maximum absolute atomic E-state index is 13.3. The van der Waals surface area contributed by atoms with Crippen LogP contribution in [0.4, 0.5) is 10.2 Å². The number of halogens is 1. The summed E-state index contributed by atoms with van der Waals surface area (Å²) < 4.78 is 14.1. The highest BCUT2D eigenvalue weighted by atomic mass is 19.1. The van der Waals surface area contributed by atoms with Gasteiger partial charge >= 0.3 is 5.82 Å². The quantitative estimate of drug-likeness (QED) is 0.552. The van der Waals surface area contributed by atoms with Gasteiger partial charge in [-0.1, -0.05) is 0 Å². The van der Waals surface area contributed by atoms with E-state index in [-0.39, 0.29) is 0 Å². The van der Waals surface area contributed by atoms with Crippen molar-refractivity contribution >= 4 is 5.82 Å². The Bertz CT molecular complexity index is 323. The summed E-state index contributed by atoms with van der Waals surface area (Å²) in [5.74, 6) is -2.50. The van der Waals surface area contributed by atoms with Crippen molar-refractivity contribution < 1.29 is 14.4 Å². The van der Waals surface area contributed by atoms with Gasteiger partial charge in [0.2, 0.25) is 12.1 Å². The van der Waals surface area contributed by atoms with Gasteiger partial charge in [-0.2, -0.15) is 0 Å². The first kappa shape index (κ1) is 9.59. The van der Waals surface area contributed by atoms with E-state index in [2.05, 4.69) is 4.98 Å². The molecule has 0 fully saturated rings. The second-order valence-electron chi connectivity index (χ2n) is 2.70. The molecule has 0 aromatic carbocycles. The molecule has 0 saturated carbocycles. The largest absolute Gasteiger partial charge is 0.391 e. The van der Waals surface area contributed by atoms with Crippen molar-refractivity contribution in [1.29, 1.82) is 0 Å². The normalized spacial score (nSPS) is 15.3. The molecule has 1 heterocycles. The van der Waals surface area contributed by atoms with Crippen molar-refractivity contribution in [3.8, 4) is 0 Å². The molecule has 0 aliphatic carbocycles. The van der Waals surface area contributed by atoms with Crippen molar-refractivity contribution in [2.24, 2.45) is 0 Å². The summed E-state index contributed by atoms with van der Waals surface area (Å²) in [5, 5.41) is 18.8. The summed E-state index contributed by atoms with van der Waals surface area (Å²) in [6.45, 7) is 0.332. The number of rotatable bonds is 3. The fourth-order valence-electron chi connectivity index (χ4n) is 0.743.